The van der Waals surface area contributed by atoms with E-state index in [1.807, 2.05) is 12.1 Å². The average Bonchev–Trinajstić information content (AvgIpc) is 3.47. The number of ether oxygens (including phenoxy) is 1. The highest BCUT2D eigenvalue weighted by molar-refractivity contribution is 7.89. The standard InChI is InChI=1S/C23H26ClN3O4S2/c1-3-26(4-2)33(29,30)19-10-7-16(8-11-19)22(28)27(15-18-6-5-13-31-18)23-25-20-12-9-17(24)14-21(20)32-23/h7-12,14,18H,3-6,13,15H2,1-2H3. The zero-order valence-electron chi connectivity index (χ0n) is 18.5. The van der Waals surface area contributed by atoms with Gasteiger partial charge in [-0.15, -0.1) is 0 Å². The highest BCUT2D eigenvalue weighted by atomic mass is 35.5. The molecule has 0 saturated carbocycles. The molecule has 10 heteroatoms. The van der Waals surface area contributed by atoms with Crippen LogP contribution in [0.25, 0.3) is 10.2 Å². The van der Waals surface area contributed by atoms with Gasteiger partial charge in [-0.25, -0.2) is 13.4 Å². The van der Waals surface area contributed by atoms with Crippen LogP contribution in [0.1, 0.15) is 37.0 Å². The summed E-state index contributed by atoms with van der Waals surface area (Å²) in [6.45, 7) is 5.43. The summed E-state index contributed by atoms with van der Waals surface area (Å²) >= 11 is 7.52. The largest absolute Gasteiger partial charge is 0.376 e. The summed E-state index contributed by atoms with van der Waals surface area (Å²) in [5.41, 5.74) is 1.16. The summed E-state index contributed by atoms with van der Waals surface area (Å²) in [6, 6.07) is 11.5. The molecule has 0 N–H and O–H groups in total. The van der Waals surface area contributed by atoms with E-state index in [0.29, 0.717) is 42.0 Å². The number of thiazole rings is 1. The molecule has 0 spiro atoms. The first-order valence-electron chi connectivity index (χ1n) is 10.9. The third kappa shape index (κ3) is 5.07. The maximum Gasteiger partial charge on any atom is 0.260 e. The summed E-state index contributed by atoms with van der Waals surface area (Å²) in [7, 11) is -3.59. The Balaban J connectivity index is 1.66. The maximum absolute atomic E-state index is 13.5. The Hall–Kier alpha value is -2.04. The number of fused-ring (bicyclic) bond motifs is 1. The zero-order chi connectivity index (χ0) is 23.6. The summed E-state index contributed by atoms with van der Waals surface area (Å²) < 4.78 is 33.6. The van der Waals surface area contributed by atoms with Crippen molar-refractivity contribution in [3.63, 3.8) is 0 Å². The van der Waals surface area contributed by atoms with E-state index in [-0.39, 0.29) is 16.9 Å². The number of carbonyl (C=O) groups is 1. The molecule has 0 aliphatic carbocycles. The van der Waals surface area contributed by atoms with Gasteiger partial charge in [0.1, 0.15) is 0 Å². The van der Waals surface area contributed by atoms with Gasteiger partial charge in [0.2, 0.25) is 10.0 Å². The summed E-state index contributed by atoms with van der Waals surface area (Å²) in [5.74, 6) is -0.248. The lowest BCUT2D eigenvalue weighted by atomic mass is 10.2. The molecule has 1 fully saturated rings. The van der Waals surface area contributed by atoms with E-state index >= 15 is 0 Å². The highest BCUT2D eigenvalue weighted by Gasteiger charge is 2.28. The van der Waals surface area contributed by atoms with Gasteiger partial charge in [0.15, 0.2) is 5.13 Å². The van der Waals surface area contributed by atoms with E-state index < -0.39 is 10.0 Å². The van der Waals surface area contributed by atoms with Crippen molar-refractivity contribution in [1.82, 2.24) is 9.29 Å². The van der Waals surface area contributed by atoms with E-state index in [1.54, 1.807) is 36.9 Å². The van der Waals surface area contributed by atoms with E-state index in [9.17, 15) is 13.2 Å². The Labute approximate surface area is 203 Å². The predicted molar refractivity (Wildman–Crippen MR) is 132 cm³/mol. The van der Waals surface area contributed by atoms with Gasteiger partial charge in [-0.05, 0) is 55.3 Å². The Kier molecular flexibility index (Phi) is 7.35. The second-order valence-electron chi connectivity index (χ2n) is 7.77. The molecule has 0 radical (unpaired) electrons. The lowest BCUT2D eigenvalue weighted by Crippen LogP contribution is -2.37. The van der Waals surface area contributed by atoms with E-state index in [2.05, 4.69) is 4.98 Å². The van der Waals surface area contributed by atoms with Crippen molar-refractivity contribution in [3.8, 4) is 0 Å². The molecule has 3 aromatic rings. The summed E-state index contributed by atoms with van der Waals surface area (Å²) in [4.78, 5) is 20.0. The van der Waals surface area contributed by atoms with Crippen LogP contribution in [-0.4, -0.2) is 56.0 Å². The first-order chi connectivity index (χ1) is 15.8. The fourth-order valence-corrected chi connectivity index (χ4v) is 6.59. The number of halogens is 1. The van der Waals surface area contributed by atoms with Crippen LogP contribution in [0.15, 0.2) is 47.4 Å². The van der Waals surface area contributed by atoms with Crippen molar-refractivity contribution in [2.45, 2.75) is 37.7 Å². The van der Waals surface area contributed by atoms with Crippen LogP contribution in [0.4, 0.5) is 5.13 Å². The Bertz CT molecular complexity index is 1230. The lowest BCUT2D eigenvalue weighted by molar-refractivity contribution is 0.0917. The third-order valence-electron chi connectivity index (χ3n) is 5.67. The molecule has 1 saturated heterocycles. The van der Waals surface area contributed by atoms with Crippen LogP contribution in [0, 0.1) is 0 Å². The molecule has 1 amide bonds. The minimum atomic E-state index is -3.59. The molecule has 2 heterocycles. The van der Waals surface area contributed by atoms with Crippen LogP contribution < -0.4 is 4.90 Å². The molecular weight excluding hydrogens is 482 g/mol. The van der Waals surface area contributed by atoms with Gasteiger partial charge in [0, 0.05) is 30.3 Å². The van der Waals surface area contributed by atoms with Gasteiger partial charge >= 0.3 is 0 Å². The molecule has 0 bridgehead atoms. The molecule has 1 aliphatic heterocycles. The summed E-state index contributed by atoms with van der Waals surface area (Å²) in [6.07, 6.45) is 1.77. The normalized spacial score (nSPS) is 16.5. The second kappa shape index (κ2) is 10.1. The number of benzene rings is 2. The summed E-state index contributed by atoms with van der Waals surface area (Å²) in [5, 5.41) is 1.17. The zero-order valence-corrected chi connectivity index (χ0v) is 20.9. The highest BCUT2D eigenvalue weighted by Crippen LogP contribution is 2.32. The van der Waals surface area contributed by atoms with Crippen molar-refractivity contribution in [3.05, 3.63) is 53.1 Å². The second-order valence-corrected chi connectivity index (χ2v) is 11.2. The lowest BCUT2D eigenvalue weighted by Gasteiger charge is -2.23. The molecule has 1 aliphatic rings. The van der Waals surface area contributed by atoms with Gasteiger partial charge in [-0.2, -0.15) is 4.31 Å². The van der Waals surface area contributed by atoms with E-state index in [4.69, 9.17) is 16.3 Å². The smallest absolute Gasteiger partial charge is 0.260 e. The van der Waals surface area contributed by atoms with Gasteiger partial charge in [0.25, 0.3) is 5.91 Å². The van der Waals surface area contributed by atoms with Crippen LogP contribution in [-0.2, 0) is 14.8 Å². The van der Waals surface area contributed by atoms with Crippen LogP contribution in [0.2, 0.25) is 5.02 Å². The van der Waals surface area contributed by atoms with Crippen LogP contribution in [0.5, 0.6) is 0 Å². The van der Waals surface area contributed by atoms with Gasteiger partial charge < -0.3 is 4.74 Å². The van der Waals surface area contributed by atoms with E-state index in [0.717, 1.165) is 23.1 Å². The number of hydrogen-bond acceptors (Lipinski definition) is 6. The number of carbonyl (C=O) groups excluding carboxylic acids is 1. The number of nitrogens with zero attached hydrogens (tertiary/aromatic N) is 3. The fourth-order valence-electron chi connectivity index (χ4n) is 3.88. The number of sulfonamides is 1. The van der Waals surface area contributed by atoms with E-state index in [1.165, 1.54) is 27.8 Å². The molecule has 176 valence electrons. The topological polar surface area (TPSA) is 79.8 Å². The fraction of sp³-hybridized carbons (Fsp3) is 0.391. The van der Waals surface area contributed by atoms with Gasteiger partial charge in [0.05, 0.1) is 27.8 Å². The number of rotatable bonds is 8. The molecule has 1 unspecified atom stereocenters. The Morgan fingerprint density at radius 3 is 2.55 bits per heavy atom. The van der Waals surface area contributed by atoms with Crippen molar-refractivity contribution in [2.24, 2.45) is 0 Å². The van der Waals surface area contributed by atoms with Crippen LogP contribution >= 0.6 is 22.9 Å². The SMILES string of the molecule is CCN(CC)S(=O)(=O)c1ccc(C(=O)N(CC2CCCO2)c2nc3ccc(Cl)cc3s2)cc1. The number of hydrogen-bond donors (Lipinski definition) is 0. The number of amides is 1. The molecule has 1 atom stereocenters. The molecule has 1 aromatic heterocycles. The van der Waals surface area contributed by atoms with Crippen LogP contribution in [0.3, 0.4) is 0 Å². The van der Waals surface area contributed by atoms with Crippen molar-refractivity contribution >= 4 is 54.2 Å². The Morgan fingerprint density at radius 1 is 1.18 bits per heavy atom. The van der Waals surface area contributed by atoms with Crippen molar-refractivity contribution in [2.75, 3.05) is 31.1 Å². The van der Waals surface area contributed by atoms with Crippen molar-refractivity contribution in [1.29, 1.82) is 0 Å². The first-order valence-corrected chi connectivity index (χ1v) is 13.6. The van der Waals surface area contributed by atoms with Gasteiger partial charge in [-0.3, -0.25) is 9.69 Å². The minimum absolute atomic E-state index is 0.0631. The predicted octanol–water partition coefficient (Wildman–Crippen LogP) is 4.81. The van der Waals surface area contributed by atoms with Gasteiger partial charge in [-0.1, -0.05) is 36.8 Å². The number of anilines is 1. The molecule has 2 aromatic carbocycles. The number of aromatic nitrogens is 1. The molecule has 33 heavy (non-hydrogen) atoms. The average molecular weight is 508 g/mol. The molecular formula is C23H26ClN3O4S2. The minimum Gasteiger partial charge on any atom is -0.376 e. The third-order valence-corrected chi connectivity index (χ3v) is 9.01. The molecule has 7 nitrogen and oxygen atoms in total. The quantitative estimate of drug-likeness (QED) is 0.437. The Morgan fingerprint density at radius 2 is 1.91 bits per heavy atom. The monoisotopic (exact) mass is 507 g/mol. The molecule has 4 rings (SSSR count). The van der Waals surface area contributed by atoms with Crippen molar-refractivity contribution < 1.29 is 17.9 Å². The first kappa shape index (κ1) is 24.1. The maximum atomic E-state index is 13.5.